The number of rotatable bonds is 8. The first-order chi connectivity index (χ1) is 8.33. The van der Waals surface area contributed by atoms with E-state index in [-0.39, 0.29) is 4.79 Å². The molecule has 0 atom stereocenters. The van der Waals surface area contributed by atoms with Crippen molar-refractivity contribution < 1.29 is 8.85 Å². The van der Waals surface area contributed by atoms with E-state index in [1.54, 1.807) is 0 Å². The maximum absolute atomic E-state index is 7.00. The van der Waals surface area contributed by atoms with E-state index in [1.165, 1.54) is 0 Å². The smallest absolute Gasteiger partial charge is 0.336 e. The number of nitrogens with two attached hydrogens (primary N) is 1. The Hall–Kier alpha value is 0.531. The van der Waals surface area contributed by atoms with Crippen molar-refractivity contribution in [1.82, 2.24) is 0 Å². The minimum Gasteiger partial charge on any atom is -0.395 e. The average molecular weight is 322 g/mol. The third-order valence-corrected chi connectivity index (χ3v) is 18.1. The summed E-state index contributed by atoms with van der Waals surface area (Å²) >= 11 is 0. The summed E-state index contributed by atoms with van der Waals surface area (Å²) in [5.41, 5.74) is 7.00. The van der Waals surface area contributed by atoms with Gasteiger partial charge in [-0.1, -0.05) is 39.3 Å². The van der Waals surface area contributed by atoms with Gasteiger partial charge in [-0.05, 0) is 20.4 Å². The van der Waals surface area contributed by atoms with Crippen LogP contribution in [0.1, 0.15) is 13.8 Å². The van der Waals surface area contributed by atoms with Gasteiger partial charge in [0, 0.05) is 24.0 Å². The fraction of sp³-hybridized carbons (Fsp3) is 1.00. The van der Waals surface area contributed by atoms with Crippen LogP contribution in [0.4, 0.5) is 0 Å². The van der Waals surface area contributed by atoms with Crippen molar-refractivity contribution in [3.8, 4) is 0 Å². The van der Waals surface area contributed by atoms with Gasteiger partial charge < -0.3 is 14.6 Å². The molecular weight excluding hydrogens is 286 g/mol. The Morgan fingerprint density at radius 2 is 1.11 bits per heavy atom. The topological polar surface area (TPSA) is 44.5 Å². The molecule has 0 aromatic carbocycles. The molecule has 116 valence electrons. The molecule has 0 aliphatic heterocycles. The van der Waals surface area contributed by atoms with E-state index < -0.39 is 24.7 Å². The SMILES string of the molecule is CCO[Si](C)(CC(N)([Si](C)(C)C)[Si](C)(C)C)OCC. The third-order valence-electron chi connectivity index (χ3n) is 4.18. The third kappa shape index (κ3) is 4.79. The molecule has 0 heterocycles. The fourth-order valence-electron chi connectivity index (χ4n) is 2.92. The molecule has 0 spiro atoms. The predicted octanol–water partition coefficient (Wildman–Crippen LogP) is 3.58. The van der Waals surface area contributed by atoms with Crippen LogP contribution in [0.25, 0.3) is 0 Å². The van der Waals surface area contributed by atoms with Crippen LogP contribution in [-0.2, 0) is 8.85 Å². The van der Waals surface area contributed by atoms with Gasteiger partial charge in [0.2, 0.25) is 0 Å². The summed E-state index contributed by atoms with van der Waals surface area (Å²) in [4.78, 5) is -0.0503. The molecule has 0 aromatic rings. The molecule has 0 fully saturated rings. The van der Waals surface area contributed by atoms with Gasteiger partial charge >= 0.3 is 8.56 Å². The van der Waals surface area contributed by atoms with Gasteiger partial charge in [0.1, 0.15) is 0 Å². The highest BCUT2D eigenvalue weighted by atomic mass is 28.4. The standard InChI is InChI=1S/C13H35NO2Si3/c1-10-15-19(9,16-11-2)12-13(14,17(3,4)5)18(6,7)8/h10-12,14H2,1-9H3. The first-order valence-electron chi connectivity index (χ1n) is 7.40. The molecule has 3 nitrogen and oxygen atoms in total. The first-order valence-corrected chi connectivity index (χ1v) is 16.9. The van der Waals surface area contributed by atoms with E-state index in [0.29, 0.717) is 0 Å². The lowest BCUT2D eigenvalue weighted by Crippen LogP contribution is -2.74. The van der Waals surface area contributed by atoms with Crippen LogP contribution >= 0.6 is 0 Å². The van der Waals surface area contributed by atoms with Crippen LogP contribution in [-0.4, -0.2) is 42.7 Å². The Balaban J connectivity index is 5.44. The molecule has 6 heteroatoms. The second-order valence-electron chi connectivity index (χ2n) is 7.65. The largest absolute Gasteiger partial charge is 0.395 e. The second kappa shape index (κ2) is 6.53. The van der Waals surface area contributed by atoms with Crippen molar-refractivity contribution >= 4 is 24.7 Å². The van der Waals surface area contributed by atoms with E-state index in [1.807, 2.05) is 13.8 Å². The molecule has 0 unspecified atom stereocenters. The average Bonchev–Trinajstić information content (AvgIpc) is 2.14. The van der Waals surface area contributed by atoms with E-state index in [2.05, 4.69) is 45.8 Å². The molecule has 0 saturated heterocycles. The van der Waals surface area contributed by atoms with E-state index in [9.17, 15) is 0 Å². The maximum atomic E-state index is 7.00. The summed E-state index contributed by atoms with van der Waals surface area (Å²) in [6.07, 6.45) is 0. The Bertz CT molecular complexity index is 265. The van der Waals surface area contributed by atoms with Crippen molar-refractivity contribution in [3.63, 3.8) is 0 Å². The zero-order chi connectivity index (χ0) is 15.5. The van der Waals surface area contributed by atoms with Crippen LogP contribution in [0, 0.1) is 0 Å². The molecule has 0 aromatic heterocycles. The summed E-state index contributed by atoms with van der Waals surface area (Å²) in [6, 6.07) is 0.938. The summed E-state index contributed by atoms with van der Waals surface area (Å²) in [5, 5.41) is 0. The minimum atomic E-state index is -2.16. The van der Waals surface area contributed by atoms with Crippen molar-refractivity contribution in [3.05, 3.63) is 0 Å². The van der Waals surface area contributed by atoms with Gasteiger partial charge in [-0.25, -0.2) is 0 Å². The Morgan fingerprint density at radius 1 is 0.789 bits per heavy atom. The first kappa shape index (κ1) is 19.5. The molecule has 2 N–H and O–H groups in total. The molecule has 0 rings (SSSR count). The van der Waals surface area contributed by atoms with Gasteiger partial charge in [0.25, 0.3) is 0 Å². The Morgan fingerprint density at radius 3 is 1.32 bits per heavy atom. The molecular formula is C13H35NO2Si3. The minimum absolute atomic E-state index is 0.0503. The molecule has 0 radical (unpaired) electrons. The molecule has 19 heavy (non-hydrogen) atoms. The highest BCUT2D eigenvalue weighted by Crippen LogP contribution is 2.36. The molecule has 0 amide bonds. The lowest BCUT2D eigenvalue weighted by Gasteiger charge is -2.51. The molecule has 0 aliphatic carbocycles. The van der Waals surface area contributed by atoms with Gasteiger partial charge in [-0.15, -0.1) is 0 Å². The lowest BCUT2D eigenvalue weighted by atomic mass is 10.7. The fourth-order valence-corrected chi connectivity index (χ4v) is 20.6. The van der Waals surface area contributed by atoms with Crippen molar-refractivity contribution in [2.75, 3.05) is 13.2 Å². The predicted molar refractivity (Wildman–Crippen MR) is 93.3 cm³/mol. The summed E-state index contributed by atoms with van der Waals surface area (Å²) in [7, 11) is -5.16. The van der Waals surface area contributed by atoms with E-state index >= 15 is 0 Å². The molecule has 0 bridgehead atoms. The highest BCUT2D eigenvalue weighted by molar-refractivity contribution is 7.00. The van der Waals surface area contributed by atoms with Gasteiger partial charge in [-0.2, -0.15) is 0 Å². The van der Waals surface area contributed by atoms with Gasteiger partial charge in [-0.3, -0.25) is 0 Å². The van der Waals surface area contributed by atoms with Crippen molar-refractivity contribution in [2.45, 2.75) is 70.5 Å². The highest BCUT2D eigenvalue weighted by Gasteiger charge is 2.54. The normalized spacial score (nSPS) is 14.8. The molecule has 0 aliphatic rings. The van der Waals surface area contributed by atoms with Crippen molar-refractivity contribution in [2.24, 2.45) is 5.73 Å². The molecule has 0 saturated carbocycles. The van der Waals surface area contributed by atoms with Crippen LogP contribution in [0.5, 0.6) is 0 Å². The lowest BCUT2D eigenvalue weighted by molar-refractivity contribution is 0.187. The van der Waals surface area contributed by atoms with E-state index in [4.69, 9.17) is 14.6 Å². The Kier molecular flexibility index (Phi) is 6.71. The van der Waals surface area contributed by atoms with E-state index in [0.717, 1.165) is 19.3 Å². The zero-order valence-electron chi connectivity index (χ0n) is 14.5. The van der Waals surface area contributed by atoms with Gasteiger partial charge in [0.15, 0.2) is 0 Å². The van der Waals surface area contributed by atoms with Crippen LogP contribution in [0.15, 0.2) is 0 Å². The monoisotopic (exact) mass is 321 g/mol. The van der Waals surface area contributed by atoms with Crippen LogP contribution < -0.4 is 5.73 Å². The van der Waals surface area contributed by atoms with Crippen LogP contribution in [0.3, 0.4) is 0 Å². The number of hydrogen-bond acceptors (Lipinski definition) is 3. The summed E-state index contributed by atoms with van der Waals surface area (Å²) in [5.74, 6) is 0. The summed E-state index contributed by atoms with van der Waals surface area (Å²) in [6.45, 7) is 22.0. The van der Waals surface area contributed by atoms with Crippen LogP contribution in [0.2, 0.25) is 51.9 Å². The maximum Gasteiger partial charge on any atom is 0.336 e. The van der Waals surface area contributed by atoms with Gasteiger partial charge in [0.05, 0.1) is 16.1 Å². The Labute approximate surface area is 123 Å². The summed E-state index contributed by atoms with van der Waals surface area (Å²) < 4.78 is 12.1. The second-order valence-corrected chi connectivity index (χ2v) is 22.1. The van der Waals surface area contributed by atoms with Crippen molar-refractivity contribution in [1.29, 1.82) is 0 Å². The zero-order valence-corrected chi connectivity index (χ0v) is 17.5. The quantitative estimate of drug-likeness (QED) is 0.695. The number of hydrogen-bond donors (Lipinski definition) is 1.